The van der Waals surface area contributed by atoms with Crippen molar-refractivity contribution in [3.05, 3.63) is 29.6 Å². The monoisotopic (exact) mass is 221 g/mol. The third-order valence-electron chi connectivity index (χ3n) is 2.45. The van der Waals surface area contributed by atoms with Crippen molar-refractivity contribution in [2.75, 3.05) is 13.1 Å². The van der Waals surface area contributed by atoms with E-state index in [0.717, 1.165) is 31.0 Å². The van der Waals surface area contributed by atoms with E-state index >= 15 is 0 Å². The highest BCUT2D eigenvalue weighted by atomic mass is 15.0. The van der Waals surface area contributed by atoms with Gasteiger partial charge in [-0.05, 0) is 38.9 Å². The number of aromatic nitrogens is 1. The molecule has 90 valence electrons. The van der Waals surface area contributed by atoms with Gasteiger partial charge in [-0.15, -0.1) is 0 Å². The Morgan fingerprint density at radius 1 is 1.38 bits per heavy atom. The maximum absolute atomic E-state index is 4.46. The van der Waals surface area contributed by atoms with Crippen LogP contribution >= 0.6 is 0 Å². The molecule has 0 aromatic carbocycles. The molecule has 2 N–H and O–H groups in total. The predicted octanol–water partition coefficient (Wildman–Crippen LogP) is 1.87. The fourth-order valence-corrected chi connectivity index (χ4v) is 1.54. The summed E-state index contributed by atoms with van der Waals surface area (Å²) in [6.07, 6.45) is 1.19. The SMILES string of the molecule is CCCNCC(C)NCc1cccc(C)n1. The second-order valence-corrected chi connectivity index (χ2v) is 4.26. The maximum Gasteiger partial charge on any atom is 0.0544 e. The van der Waals surface area contributed by atoms with Crippen LogP contribution in [0.4, 0.5) is 0 Å². The fourth-order valence-electron chi connectivity index (χ4n) is 1.54. The van der Waals surface area contributed by atoms with Crippen molar-refractivity contribution in [1.82, 2.24) is 15.6 Å². The van der Waals surface area contributed by atoms with Crippen molar-refractivity contribution >= 4 is 0 Å². The lowest BCUT2D eigenvalue weighted by Gasteiger charge is -2.14. The van der Waals surface area contributed by atoms with Crippen molar-refractivity contribution in [1.29, 1.82) is 0 Å². The first kappa shape index (κ1) is 13.1. The van der Waals surface area contributed by atoms with E-state index in [2.05, 4.69) is 41.6 Å². The molecule has 1 rings (SSSR count). The molecule has 3 nitrogen and oxygen atoms in total. The molecule has 0 radical (unpaired) electrons. The van der Waals surface area contributed by atoms with E-state index in [1.165, 1.54) is 6.42 Å². The molecule has 1 heterocycles. The van der Waals surface area contributed by atoms with Gasteiger partial charge in [0.1, 0.15) is 0 Å². The van der Waals surface area contributed by atoms with Gasteiger partial charge < -0.3 is 10.6 Å². The van der Waals surface area contributed by atoms with Crippen molar-refractivity contribution in [3.63, 3.8) is 0 Å². The average molecular weight is 221 g/mol. The number of nitrogens with zero attached hydrogens (tertiary/aromatic N) is 1. The van der Waals surface area contributed by atoms with E-state index in [1.807, 2.05) is 13.0 Å². The largest absolute Gasteiger partial charge is 0.315 e. The molecule has 16 heavy (non-hydrogen) atoms. The zero-order valence-electron chi connectivity index (χ0n) is 10.6. The second-order valence-electron chi connectivity index (χ2n) is 4.26. The number of rotatable bonds is 7. The quantitative estimate of drug-likeness (QED) is 0.690. The highest BCUT2D eigenvalue weighted by Gasteiger charge is 2.01. The molecule has 0 aliphatic heterocycles. The Labute approximate surface area is 98.7 Å². The topological polar surface area (TPSA) is 37.0 Å². The first-order valence-electron chi connectivity index (χ1n) is 6.09. The van der Waals surface area contributed by atoms with E-state index in [1.54, 1.807) is 0 Å². The Hall–Kier alpha value is -0.930. The molecule has 0 aliphatic rings. The second kappa shape index (κ2) is 7.36. The minimum Gasteiger partial charge on any atom is -0.315 e. The molecule has 3 heteroatoms. The minimum atomic E-state index is 0.480. The van der Waals surface area contributed by atoms with E-state index in [0.29, 0.717) is 6.04 Å². The van der Waals surface area contributed by atoms with Crippen LogP contribution in [0, 0.1) is 6.92 Å². The average Bonchev–Trinajstić information content (AvgIpc) is 2.27. The summed E-state index contributed by atoms with van der Waals surface area (Å²) >= 11 is 0. The molecular formula is C13H23N3. The lowest BCUT2D eigenvalue weighted by molar-refractivity contribution is 0.497. The summed E-state index contributed by atoms with van der Waals surface area (Å²) in [5.74, 6) is 0. The maximum atomic E-state index is 4.46. The fraction of sp³-hybridized carbons (Fsp3) is 0.615. The van der Waals surface area contributed by atoms with E-state index in [9.17, 15) is 0 Å². The Morgan fingerprint density at radius 2 is 2.19 bits per heavy atom. The van der Waals surface area contributed by atoms with Crippen LogP contribution in [0.5, 0.6) is 0 Å². The highest BCUT2D eigenvalue weighted by molar-refractivity contribution is 5.09. The van der Waals surface area contributed by atoms with Crippen LogP contribution in [0.25, 0.3) is 0 Å². The molecule has 0 saturated carbocycles. The third kappa shape index (κ3) is 5.24. The Balaban J connectivity index is 2.23. The lowest BCUT2D eigenvalue weighted by atomic mass is 10.2. The zero-order chi connectivity index (χ0) is 11.8. The van der Waals surface area contributed by atoms with Gasteiger partial charge in [0.25, 0.3) is 0 Å². The smallest absolute Gasteiger partial charge is 0.0544 e. The summed E-state index contributed by atoms with van der Waals surface area (Å²) in [7, 11) is 0. The molecular weight excluding hydrogens is 198 g/mol. The summed E-state index contributed by atoms with van der Waals surface area (Å²) in [6.45, 7) is 9.35. The van der Waals surface area contributed by atoms with Crippen LogP contribution < -0.4 is 10.6 Å². The van der Waals surface area contributed by atoms with Gasteiger partial charge in [0.05, 0.1) is 5.69 Å². The van der Waals surface area contributed by atoms with Crippen LogP contribution in [-0.2, 0) is 6.54 Å². The van der Waals surface area contributed by atoms with Gasteiger partial charge in [0.2, 0.25) is 0 Å². The standard InChI is InChI=1S/C13H23N3/c1-4-8-14-9-12(3)15-10-13-7-5-6-11(2)16-13/h5-7,12,14-15H,4,8-10H2,1-3H3. The molecule has 0 aliphatic carbocycles. The van der Waals surface area contributed by atoms with E-state index in [4.69, 9.17) is 0 Å². The first-order valence-corrected chi connectivity index (χ1v) is 6.09. The zero-order valence-corrected chi connectivity index (χ0v) is 10.6. The molecule has 0 fully saturated rings. The molecule has 1 aromatic rings. The highest BCUT2D eigenvalue weighted by Crippen LogP contribution is 1.97. The summed E-state index contributed by atoms with van der Waals surface area (Å²) in [5, 5.41) is 6.86. The van der Waals surface area contributed by atoms with Crippen molar-refractivity contribution in [3.8, 4) is 0 Å². The minimum absolute atomic E-state index is 0.480. The van der Waals surface area contributed by atoms with Gasteiger partial charge in [0, 0.05) is 24.8 Å². The van der Waals surface area contributed by atoms with Crippen molar-refractivity contribution in [2.24, 2.45) is 0 Å². The normalized spacial score (nSPS) is 12.7. The van der Waals surface area contributed by atoms with Gasteiger partial charge in [0.15, 0.2) is 0 Å². The van der Waals surface area contributed by atoms with Crippen LogP contribution in [0.15, 0.2) is 18.2 Å². The summed E-state index contributed by atoms with van der Waals surface area (Å²) in [6, 6.07) is 6.62. The first-order chi connectivity index (χ1) is 7.72. The molecule has 1 aromatic heterocycles. The number of nitrogens with one attached hydrogen (secondary N) is 2. The number of pyridine rings is 1. The van der Waals surface area contributed by atoms with Gasteiger partial charge in [-0.1, -0.05) is 13.0 Å². The van der Waals surface area contributed by atoms with Crippen LogP contribution in [0.1, 0.15) is 31.7 Å². The summed E-state index contributed by atoms with van der Waals surface area (Å²) in [4.78, 5) is 4.46. The van der Waals surface area contributed by atoms with Crippen LogP contribution in [0.2, 0.25) is 0 Å². The number of aryl methyl sites for hydroxylation is 1. The Morgan fingerprint density at radius 3 is 2.88 bits per heavy atom. The van der Waals surface area contributed by atoms with Crippen LogP contribution in [0.3, 0.4) is 0 Å². The Kier molecular flexibility index (Phi) is 6.04. The van der Waals surface area contributed by atoms with Gasteiger partial charge in [-0.25, -0.2) is 0 Å². The molecule has 1 atom stereocenters. The van der Waals surface area contributed by atoms with Gasteiger partial charge in [-0.3, -0.25) is 4.98 Å². The van der Waals surface area contributed by atoms with Crippen molar-refractivity contribution < 1.29 is 0 Å². The van der Waals surface area contributed by atoms with E-state index in [-0.39, 0.29) is 0 Å². The van der Waals surface area contributed by atoms with Gasteiger partial charge >= 0.3 is 0 Å². The lowest BCUT2D eigenvalue weighted by Crippen LogP contribution is -2.36. The van der Waals surface area contributed by atoms with Gasteiger partial charge in [-0.2, -0.15) is 0 Å². The summed E-state index contributed by atoms with van der Waals surface area (Å²) < 4.78 is 0. The Bertz CT molecular complexity index is 299. The third-order valence-corrected chi connectivity index (χ3v) is 2.45. The molecule has 1 unspecified atom stereocenters. The van der Waals surface area contributed by atoms with Crippen LogP contribution in [-0.4, -0.2) is 24.1 Å². The molecule has 0 bridgehead atoms. The molecule has 0 saturated heterocycles. The molecule has 0 amide bonds. The number of hydrogen-bond acceptors (Lipinski definition) is 3. The van der Waals surface area contributed by atoms with Crippen molar-refractivity contribution in [2.45, 2.75) is 39.8 Å². The predicted molar refractivity (Wildman–Crippen MR) is 68.4 cm³/mol. The number of hydrogen-bond donors (Lipinski definition) is 2. The van der Waals surface area contributed by atoms with E-state index < -0.39 is 0 Å². The molecule has 0 spiro atoms. The summed E-state index contributed by atoms with van der Waals surface area (Å²) in [5.41, 5.74) is 2.19.